The number of aromatic nitrogens is 4. The van der Waals surface area contributed by atoms with Crippen LogP contribution in [0, 0.1) is 0 Å². The first-order chi connectivity index (χ1) is 10.9. The van der Waals surface area contributed by atoms with Crippen molar-refractivity contribution in [1.82, 2.24) is 20.2 Å². The summed E-state index contributed by atoms with van der Waals surface area (Å²) in [6, 6.07) is 14.0. The third-order valence-corrected chi connectivity index (χ3v) is 3.40. The van der Waals surface area contributed by atoms with Crippen LogP contribution in [-0.4, -0.2) is 20.2 Å². The molecule has 0 unspecified atom stereocenters. The third kappa shape index (κ3) is 3.33. The number of tetrazole rings is 1. The lowest BCUT2D eigenvalue weighted by atomic mass is 10.2. The van der Waals surface area contributed by atoms with Gasteiger partial charge in [-0.15, -0.1) is 0 Å². The minimum absolute atomic E-state index is 0.555. The fourth-order valence-corrected chi connectivity index (χ4v) is 2.19. The van der Waals surface area contributed by atoms with Gasteiger partial charge >= 0.3 is 0 Å². The van der Waals surface area contributed by atoms with E-state index >= 15 is 0 Å². The van der Waals surface area contributed by atoms with Gasteiger partial charge in [-0.25, -0.2) is 4.68 Å². The van der Waals surface area contributed by atoms with E-state index in [9.17, 15) is 0 Å². The van der Waals surface area contributed by atoms with E-state index in [1.807, 2.05) is 42.5 Å². The summed E-state index contributed by atoms with van der Waals surface area (Å²) in [6.07, 6.45) is 2.16. The molecule has 2 heterocycles. The number of nitrogens with one attached hydrogen (secondary N) is 1. The number of hydrogen-bond donors (Lipinski definition) is 1. The van der Waals surface area contributed by atoms with E-state index in [1.165, 1.54) is 0 Å². The monoisotopic (exact) mass is 297 g/mol. The molecule has 0 aliphatic rings. The van der Waals surface area contributed by atoms with Gasteiger partial charge in [-0.2, -0.15) is 0 Å². The molecule has 1 N–H and O–H groups in total. The van der Waals surface area contributed by atoms with Crippen LogP contribution in [0.3, 0.4) is 0 Å². The van der Waals surface area contributed by atoms with Crippen LogP contribution in [0.15, 0.2) is 46.9 Å². The van der Waals surface area contributed by atoms with Gasteiger partial charge in [0, 0.05) is 12.1 Å². The molecule has 0 amide bonds. The summed E-state index contributed by atoms with van der Waals surface area (Å²) < 4.78 is 7.63. The zero-order chi connectivity index (χ0) is 15.2. The second-order valence-electron chi connectivity index (χ2n) is 5.06. The largest absolute Gasteiger partial charge is 0.459 e. The highest BCUT2D eigenvalue weighted by molar-refractivity contribution is 5.57. The van der Waals surface area contributed by atoms with Crippen LogP contribution >= 0.6 is 0 Å². The SMILES string of the molecule is CCCCn1nnnc1NCc1ccc(-c2ccccc2)o1. The molecule has 6 nitrogen and oxygen atoms in total. The quantitative estimate of drug-likeness (QED) is 0.724. The molecule has 0 atom stereocenters. The lowest BCUT2D eigenvalue weighted by molar-refractivity contribution is 0.526. The van der Waals surface area contributed by atoms with Crippen molar-refractivity contribution in [2.75, 3.05) is 5.32 Å². The van der Waals surface area contributed by atoms with Crippen LogP contribution in [-0.2, 0) is 13.1 Å². The van der Waals surface area contributed by atoms with Crippen molar-refractivity contribution in [3.63, 3.8) is 0 Å². The Morgan fingerprint density at radius 2 is 2.00 bits per heavy atom. The van der Waals surface area contributed by atoms with E-state index in [0.29, 0.717) is 12.5 Å². The smallest absolute Gasteiger partial charge is 0.243 e. The fraction of sp³-hybridized carbons (Fsp3) is 0.312. The highest BCUT2D eigenvalue weighted by atomic mass is 16.3. The van der Waals surface area contributed by atoms with Gasteiger partial charge in [0.05, 0.1) is 6.54 Å². The minimum Gasteiger partial charge on any atom is -0.459 e. The summed E-state index contributed by atoms with van der Waals surface area (Å²) in [5, 5.41) is 14.9. The predicted molar refractivity (Wildman–Crippen MR) is 84.2 cm³/mol. The number of anilines is 1. The Hall–Kier alpha value is -2.63. The van der Waals surface area contributed by atoms with Crippen molar-refractivity contribution in [2.45, 2.75) is 32.9 Å². The highest BCUT2D eigenvalue weighted by Gasteiger charge is 2.08. The van der Waals surface area contributed by atoms with Crippen molar-refractivity contribution in [3.8, 4) is 11.3 Å². The van der Waals surface area contributed by atoms with Crippen molar-refractivity contribution in [1.29, 1.82) is 0 Å². The molecule has 0 fully saturated rings. The number of hydrogen-bond acceptors (Lipinski definition) is 5. The normalized spacial score (nSPS) is 10.8. The molecule has 0 aliphatic heterocycles. The Morgan fingerprint density at radius 1 is 1.14 bits per heavy atom. The Balaban J connectivity index is 1.63. The molecule has 0 radical (unpaired) electrons. The number of unbranched alkanes of at least 4 members (excludes halogenated alkanes) is 1. The molecule has 0 aliphatic carbocycles. The second-order valence-corrected chi connectivity index (χ2v) is 5.06. The molecule has 0 bridgehead atoms. The molecule has 3 aromatic rings. The Morgan fingerprint density at radius 3 is 2.82 bits per heavy atom. The van der Waals surface area contributed by atoms with Crippen LogP contribution in [0.2, 0.25) is 0 Å². The van der Waals surface area contributed by atoms with Crippen LogP contribution in [0.5, 0.6) is 0 Å². The Bertz CT molecular complexity index is 704. The molecule has 1 aromatic carbocycles. The van der Waals surface area contributed by atoms with E-state index in [0.717, 1.165) is 36.5 Å². The maximum Gasteiger partial charge on any atom is 0.243 e. The van der Waals surface area contributed by atoms with Gasteiger partial charge in [0.2, 0.25) is 5.95 Å². The fourth-order valence-electron chi connectivity index (χ4n) is 2.19. The zero-order valence-electron chi connectivity index (χ0n) is 12.6. The van der Waals surface area contributed by atoms with E-state index in [4.69, 9.17) is 4.42 Å². The van der Waals surface area contributed by atoms with Crippen molar-refractivity contribution < 1.29 is 4.42 Å². The van der Waals surface area contributed by atoms with Crippen molar-refractivity contribution >= 4 is 5.95 Å². The molecule has 2 aromatic heterocycles. The second kappa shape index (κ2) is 6.89. The first kappa shape index (κ1) is 14.3. The first-order valence-corrected chi connectivity index (χ1v) is 7.51. The summed E-state index contributed by atoms with van der Waals surface area (Å²) in [5.74, 6) is 2.39. The number of nitrogens with zero attached hydrogens (tertiary/aromatic N) is 4. The summed E-state index contributed by atoms with van der Waals surface area (Å²) in [7, 11) is 0. The zero-order valence-corrected chi connectivity index (χ0v) is 12.6. The van der Waals surface area contributed by atoms with E-state index in [-0.39, 0.29) is 0 Å². The maximum absolute atomic E-state index is 5.85. The average Bonchev–Trinajstić information content (AvgIpc) is 3.21. The Kier molecular flexibility index (Phi) is 4.48. The van der Waals surface area contributed by atoms with Gasteiger partial charge in [-0.1, -0.05) is 48.8 Å². The van der Waals surface area contributed by atoms with Crippen molar-refractivity contribution in [3.05, 3.63) is 48.2 Å². The number of rotatable bonds is 7. The predicted octanol–water partition coefficient (Wildman–Crippen LogP) is 3.35. The van der Waals surface area contributed by atoms with Crippen LogP contribution in [0.4, 0.5) is 5.95 Å². The van der Waals surface area contributed by atoms with Gasteiger partial charge in [-0.3, -0.25) is 0 Å². The molecule has 22 heavy (non-hydrogen) atoms. The maximum atomic E-state index is 5.85. The van der Waals surface area contributed by atoms with Gasteiger partial charge in [-0.05, 0) is 29.0 Å². The molecule has 0 saturated heterocycles. The van der Waals surface area contributed by atoms with Gasteiger partial charge in [0.15, 0.2) is 0 Å². The van der Waals surface area contributed by atoms with E-state index in [2.05, 4.69) is 27.8 Å². The molecule has 3 rings (SSSR count). The minimum atomic E-state index is 0.555. The molecule has 6 heteroatoms. The Labute approximate surface area is 129 Å². The lowest BCUT2D eigenvalue weighted by Gasteiger charge is -2.05. The summed E-state index contributed by atoms with van der Waals surface area (Å²) in [4.78, 5) is 0. The standard InChI is InChI=1S/C16H19N5O/c1-2-3-11-21-16(18-19-20-21)17-12-14-9-10-15(22-14)13-7-5-4-6-8-13/h4-10H,2-3,11-12H2,1H3,(H,17,18,20). The number of benzene rings is 1. The summed E-state index contributed by atoms with van der Waals surface area (Å²) in [6.45, 7) is 3.52. The number of furan rings is 1. The van der Waals surface area contributed by atoms with E-state index < -0.39 is 0 Å². The topological polar surface area (TPSA) is 68.8 Å². The van der Waals surface area contributed by atoms with Gasteiger partial charge in [0.1, 0.15) is 11.5 Å². The summed E-state index contributed by atoms with van der Waals surface area (Å²) >= 11 is 0. The van der Waals surface area contributed by atoms with Gasteiger partial charge in [0.25, 0.3) is 0 Å². The first-order valence-electron chi connectivity index (χ1n) is 7.51. The van der Waals surface area contributed by atoms with Crippen LogP contribution < -0.4 is 5.32 Å². The number of aryl methyl sites for hydroxylation is 1. The highest BCUT2D eigenvalue weighted by Crippen LogP contribution is 2.22. The van der Waals surface area contributed by atoms with E-state index in [1.54, 1.807) is 4.68 Å². The average molecular weight is 297 g/mol. The van der Waals surface area contributed by atoms with Crippen LogP contribution in [0.25, 0.3) is 11.3 Å². The third-order valence-electron chi connectivity index (χ3n) is 3.40. The lowest BCUT2D eigenvalue weighted by Crippen LogP contribution is -2.08. The summed E-state index contributed by atoms with van der Waals surface area (Å²) in [5.41, 5.74) is 1.07. The van der Waals surface area contributed by atoms with Crippen LogP contribution in [0.1, 0.15) is 25.5 Å². The van der Waals surface area contributed by atoms with Crippen molar-refractivity contribution in [2.24, 2.45) is 0 Å². The molecular weight excluding hydrogens is 278 g/mol. The molecule has 0 saturated carbocycles. The molecule has 0 spiro atoms. The molecular formula is C16H19N5O. The van der Waals surface area contributed by atoms with Gasteiger partial charge < -0.3 is 9.73 Å². The molecule has 114 valence electrons.